The van der Waals surface area contributed by atoms with Gasteiger partial charge in [0, 0.05) is 38.0 Å². The van der Waals surface area contributed by atoms with Crippen LogP contribution in [0.4, 0.5) is 16.2 Å². The molecule has 2 aromatic rings. The maximum Gasteiger partial charge on any atom is 0.410 e. The van der Waals surface area contributed by atoms with E-state index in [-0.39, 0.29) is 17.4 Å². The molecule has 7 heteroatoms. The summed E-state index contributed by atoms with van der Waals surface area (Å²) in [6.07, 6.45) is 0.289. The van der Waals surface area contributed by atoms with Crippen molar-refractivity contribution in [3.8, 4) is 0 Å². The highest BCUT2D eigenvalue weighted by atomic mass is 16.6. The standard InChI is InChI=1S/C26H34N4O3/c1-18-9-11-19(12-10-18)13-22(28-21-8-6-5-7-20(21)27)23(31)29-14-26(15-29)16-30(17-26)24(32)33-25(2,3)4/h5-12,22,28H,13-17,27H2,1-4H3/t22-/m0/s1. The second kappa shape index (κ2) is 8.61. The average Bonchev–Trinajstić information content (AvgIpc) is 2.67. The maximum absolute atomic E-state index is 13.5. The highest BCUT2D eigenvalue weighted by Crippen LogP contribution is 2.40. The van der Waals surface area contributed by atoms with Gasteiger partial charge in [0.25, 0.3) is 0 Å². The van der Waals surface area contributed by atoms with E-state index < -0.39 is 11.6 Å². The van der Waals surface area contributed by atoms with Gasteiger partial charge >= 0.3 is 6.09 Å². The van der Waals surface area contributed by atoms with Gasteiger partial charge in [0.1, 0.15) is 11.6 Å². The second-order valence-corrected chi connectivity index (χ2v) is 10.5. The summed E-state index contributed by atoms with van der Waals surface area (Å²) >= 11 is 0. The van der Waals surface area contributed by atoms with Gasteiger partial charge in [-0.2, -0.15) is 0 Å². The lowest BCUT2D eigenvalue weighted by molar-refractivity contribution is -0.157. The number of anilines is 2. The van der Waals surface area contributed by atoms with Crippen molar-refractivity contribution in [3.63, 3.8) is 0 Å². The Morgan fingerprint density at radius 2 is 1.64 bits per heavy atom. The van der Waals surface area contributed by atoms with Crippen LogP contribution >= 0.6 is 0 Å². The quantitative estimate of drug-likeness (QED) is 0.679. The number of nitrogens with one attached hydrogen (secondary N) is 1. The van der Waals surface area contributed by atoms with Gasteiger partial charge in [0.15, 0.2) is 0 Å². The molecule has 2 aromatic carbocycles. The van der Waals surface area contributed by atoms with Crippen LogP contribution in [0, 0.1) is 12.3 Å². The third-order valence-corrected chi connectivity index (χ3v) is 6.22. The van der Waals surface area contributed by atoms with E-state index in [1.54, 1.807) is 4.90 Å². The fourth-order valence-electron chi connectivity index (χ4n) is 4.53. The number of hydrogen-bond donors (Lipinski definition) is 2. The zero-order chi connectivity index (χ0) is 23.8. The number of amides is 2. The van der Waals surface area contributed by atoms with Crippen molar-refractivity contribution in [3.05, 3.63) is 59.7 Å². The Labute approximate surface area is 195 Å². The molecule has 0 unspecified atom stereocenters. The predicted octanol–water partition coefficient (Wildman–Crippen LogP) is 3.68. The minimum Gasteiger partial charge on any atom is -0.444 e. The van der Waals surface area contributed by atoms with Crippen LogP contribution in [0.3, 0.4) is 0 Å². The fourth-order valence-corrected chi connectivity index (χ4v) is 4.53. The molecule has 2 saturated heterocycles. The molecule has 0 aromatic heterocycles. The Balaban J connectivity index is 1.39. The molecule has 7 nitrogen and oxygen atoms in total. The van der Waals surface area contributed by atoms with Crippen molar-refractivity contribution < 1.29 is 14.3 Å². The summed E-state index contributed by atoms with van der Waals surface area (Å²) in [6, 6.07) is 15.3. The number of nitrogen functional groups attached to an aromatic ring is 1. The Morgan fingerprint density at radius 1 is 1.03 bits per heavy atom. The van der Waals surface area contributed by atoms with E-state index >= 15 is 0 Å². The number of rotatable bonds is 5. The van der Waals surface area contributed by atoms with E-state index in [9.17, 15) is 9.59 Å². The molecular formula is C26H34N4O3. The molecule has 0 saturated carbocycles. The van der Waals surface area contributed by atoms with Crippen LogP contribution in [0.25, 0.3) is 0 Å². The van der Waals surface area contributed by atoms with E-state index in [0.717, 1.165) is 11.3 Å². The van der Waals surface area contributed by atoms with Gasteiger partial charge in [-0.3, -0.25) is 4.79 Å². The Bertz CT molecular complexity index is 1010. The van der Waals surface area contributed by atoms with Crippen LogP contribution in [0.1, 0.15) is 31.9 Å². The molecule has 1 spiro atoms. The van der Waals surface area contributed by atoms with Crippen LogP contribution in [0.2, 0.25) is 0 Å². The number of benzene rings is 2. The summed E-state index contributed by atoms with van der Waals surface area (Å²) in [5.41, 5.74) is 9.28. The van der Waals surface area contributed by atoms with Crippen molar-refractivity contribution in [2.75, 3.05) is 37.2 Å². The summed E-state index contributed by atoms with van der Waals surface area (Å²) in [6.45, 7) is 10.2. The first kappa shape index (κ1) is 23.0. The first-order chi connectivity index (χ1) is 15.5. The molecule has 2 aliphatic rings. The highest BCUT2D eigenvalue weighted by Gasteiger charge is 2.55. The molecular weight excluding hydrogens is 416 g/mol. The van der Waals surface area contributed by atoms with Gasteiger partial charge in [-0.1, -0.05) is 42.0 Å². The number of aryl methyl sites for hydroxylation is 1. The molecule has 2 aliphatic heterocycles. The fraction of sp³-hybridized carbons (Fsp3) is 0.462. The summed E-state index contributed by atoms with van der Waals surface area (Å²) in [4.78, 5) is 29.3. The molecule has 2 fully saturated rings. The molecule has 2 amide bonds. The topological polar surface area (TPSA) is 87.9 Å². The molecule has 1 atom stereocenters. The summed E-state index contributed by atoms with van der Waals surface area (Å²) in [7, 11) is 0. The van der Waals surface area contributed by atoms with Gasteiger partial charge in [-0.15, -0.1) is 0 Å². The lowest BCUT2D eigenvalue weighted by Gasteiger charge is -2.60. The van der Waals surface area contributed by atoms with Crippen LogP contribution in [0.15, 0.2) is 48.5 Å². The lowest BCUT2D eigenvalue weighted by atomic mass is 9.72. The highest BCUT2D eigenvalue weighted by molar-refractivity contribution is 5.87. The number of hydrogen-bond acceptors (Lipinski definition) is 5. The predicted molar refractivity (Wildman–Crippen MR) is 130 cm³/mol. The monoisotopic (exact) mass is 450 g/mol. The number of carbonyl (C=O) groups excluding carboxylic acids is 2. The number of nitrogens with two attached hydrogens (primary N) is 1. The zero-order valence-corrected chi connectivity index (χ0v) is 19.9. The van der Waals surface area contributed by atoms with E-state index in [0.29, 0.717) is 38.3 Å². The van der Waals surface area contributed by atoms with Crippen LogP contribution in [-0.4, -0.2) is 59.6 Å². The minimum absolute atomic E-state index is 0.00719. The molecule has 33 heavy (non-hydrogen) atoms. The molecule has 0 aliphatic carbocycles. The van der Waals surface area contributed by atoms with Gasteiger partial charge < -0.3 is 25.6 Å². The summed E-state index contributed by atoms with van der Waals surface area (Å²) in [5, 5.41) is 3.37. The minimum atomic E-state index is -0.504. The molecule has 3 N–H and O–H groups in total. The lowest BCUT2D eigenvalue weighted by Crippen LogP contribution is -2.74. The maximum atomic E-state index is 13.5. The van der Waals surface area contributed by atoms with E-state index in [2.05, 4.69) is 29.6 Å². The second-order valence-electron chi connectivity index (χ2n) is 10.5. The third kappa shape index (κ3) is 5.24. The van der Waals surface area contributed by atoms with Crippen molar-refractivity contribution in [1.82, 2.24) is 9.80 Å². The van der Waals surface area contributed by atoms with Crippen molar-refractivity contribution >= 4 is 23.4 Å². The zero-order valence-electron chi connectivity index (χ0n) is 19.9. The van der Waals surface area contributed by atoms with Gasteiger partial charge in [0.05, 0.1) is 11.4 Å². The normalized spacial score (nSPS) is 17.7. The molecule has 0 radical (unpaired) electrons. The molecule has 4 rings (SSSR count). The molecule has 2 heterocycles. The average molecular weight is 451 g/mol. The van der Waals surface area contributed by atoms with Crippen molar-refractivity contribution in [2.45, 2.75) is 45.8 Å². The SMILES string of the molecule is Cc1ccc(C[C@H](Nc2ccccc2N)C(=O)N2CC3(CN(C(=O)OC(C)(C)C)C3)C2)cc1. The van der Waals surface area contributed by atoms with Crippen LogP contribution in [0.5, 0.6) is 0 Å². The van der Waals surface area contributed by atoms with E-state index in [1.165, 1.54) is 5.56 Å². The van der Waals surface area contributed by atoms with Crippen molar-refractivity contribution in [1.29, 1.82) is 0 Å². The Morgan fingerprint density at radius 3 is 2.24 bits per heavy atom. The van der Waals surface area contributed by atoms with Gasteiger partial charge in [-0.25, -0.2) is 4.79 Å². The van der Waals surface area contributed by atoms with Crippen molar-refractivity contribution in [2.24, 2.45) is 5.41 Å². The van der Waals surface area contributed by atoms with Crippen LogP contribution < -0.4 is 11.1 Å². The third-order valence-electron chi connectivity index (χ3n) is 6.22. The van der Waals surface area contributed by atoms with Crippen LogP contribution in [-0.2, 0) is 16.0 Å². The summed E-state index contributed by atoms with van der Waals surface area (Å²) < 4.78 is 5.45. The molecule has 176 valence electrons. The van der Waals surface area contributed by atoms with Gasteiger partial charge in [0.2, 0.25) is 5.91 Å². The number of nitrogens with zero attached hydrogens (tertiary/aromatic N) is 2. The Kier molecular flexibility index (Phi) is 5.99. The van der Waals surface area contributed by atoms with Gasteiger partial charge in [-0.05, 0) is 45.4 Å². The number of carbonyl (C=O) groups is 2. The largest absolute Gasteiger partial charge is 0.444 e. The molecule has 0 bridgehead atoms. The number of para-hydroxylation sites is 2. The number of ether oxygens (including phenoxy) is 1. The smallest absolute Gasteiger partial charge is 0.410 e. The first-order valence-electron chi connectivity index (χ1n) is 11.5. The first-order valence-corrected chi connectivity index (χ1v) is 11.5. The van der Waals surface area contributed by atoms with E-state index in [1.807, 2.05) is 56.9 Å². The summed E-state index contributed by atoms with van der Waals surface area (Å²) in [5.74, 6) is 0.0557. The Hall–Kier alpha value is -3.22. The van der Waals surface area contributed by atoms with E-state index in [4.69, 9.17) is 10.5 Å². The number of likely N-dealkylation sites (tertiary alicyclic amines) is 2.